The highest BCUT2D eigenvalue weighted by Gasteiger charge is 2.26. The van der Waals surface area contributed by atoms with E-state index in [9.17, 15) is 13.2 Å². The summed E-state index contributed by atoms with van der Waals surface area (Å²) in [5, 5.41) is 8.82. The summed E-state index contributed by atoms with van der Waals surface area (Å²) in [5.41, 5.74) is 0.562. The highest BCUT2D eigenvalue weighted by Crippen LogP contribution is 2.21. The number of hydrogen-bond acceptors (Lipinski definition) is 4. The Balaban J connectivity index is 2.12. The summed E-state index contributed by atoms with van der Waals surface area (Å²) in [6.45, 7) is 0.608. The van der Waals surface area contributed by atoms with Gasteiger partial charge in [-0.15, -0.1) is 0 Å². The van der Waals surface area contributed by atoms with E-state index in [-0.39, 0.29) is 17.4 Å². The summed E-state index contributed by atoms with van der Waals surface area (Å²) in [6.07, 6.45) is 1.39. The standard InChI is InChI=1S/C13H17NO5S/c1-14(11-6-4-10(5-7-11)13(15)16)20(17,18)9-12-3-2-8-19-12/h4-7,12H,2-3,8-9H2,1H3,(H,15,16). The Morgan fingerprint density at radius 3 is 2.55 bits per heavy atom. The van der Waals surface area contributed by atoms with E-state index in [1.165, 1.54) is 35.6 Å². The van der Waals surface area contributed by atoms with Crippen molar-refractivity contribution in [2.45, 2.75) is 18.9 Å². The third kappa shape index (κ3) is 3.29. The lowest BCUT2D eigenvalue weighted by Crippen LogP contribution is -2.33. The van der Waals surface area contributed by atoms with Gasteiger partial charge in [-0.25, -0.2) is 13.2 Å². The van der Waals surface area contributed by atoms with Gasteiger partial charge in [0, 0.05) is 13.7 Å². The molecular formula is C13H17NO5S. The zero-order valence-corrected chi connectivity index (χ0v) is 12.0. The molecule has 1 aliphatic heterocycles. The zero-order valence-electron chi connectivity index (χ0n) is 11.2. The van der Waals surface area contributed by atoms with Crippen LogP contribution in [-0.2, 0) is 14.8 Å². The molecule has 1 unspecified atom stereocenters. The molecule has 1 aliphatic rings. The Hall–Kier alpha value is -1.60. The molecule has 0 saturated carbocycles. The summed E-state index contributed by atoms with van der Waals surface area (Å²) in [6, 6.07) is 5.73. The number of sulfonamides is 1. The van der Waals surface area contributed by atoms with Gasteiger partial charge in [-0.1, -0.05) is 0 Å². The second-order valence-corrected chi connectivity index (χ2v) is 6.78. The average Bonchev–Trinajstić information content (AvgIpc) is 2.90. The minimum absolute atomic E-state index is 0.0514. The number of hydrogen-bond donors (Lipinski definition) is 1. The van der Waals surface area contributed by atoms with Gasteiger partial charge in [0.05, 0.1) is 23.1 Å². The smallest absolute Gasteiger partial charge is 0.335 e. The maximum Gasteiger partial charge on any atom is 0.335 e. The molecule has 0 aliphatic carbocycles. The highest BCUT2D eigenvalue weighted by atomic mass is 32.2. The quantitative estimate of drug-likeness (QED) is 0.886. The molecule has 1 atom stereocenters. The summed E-state index contributed by atoms with van der Waals surface area (Å²) in [5.74, 6) is -1.09. The minimum atomic E-state index is -3.47. The Kier molecular flexibility index (Phi) is 4.29. The molecule has 110 valence electrons. The van der Waals surface area contributed by atoms with Gasteiger partial charge in [-0.05, 0) is 37.1 Å². The van der Waals surface area contributed by atoms with Crippen LogP contribution in [0.25, 0.3) is 0 Å². The Morgan fingerprint density at radius 1 is 1.40 bits per heavy atom. The number of benzene rings is 1. The van der Waals surface area contributed by atoms with Crippen molar-refractivity contribution < 1.29 is 23.1 Å². The first-order chi connectivity index (χ1) is 9.40. The van der Waals surface area contributed by atoms with Gasteiger partial charge >= 0.3 is 5.97 Å². The Morgan fingerprint density at radius 2 is 2.05 bits per heavy atom. The van der Waals surface area contributed by atoms with Gasteiger partial charge in [0.1, 0.15) is 0 Å². The van der Waals surface area contributed by atoms with Crippen LogP contribution in [0.4, 0.5) is 5.69 Å². The summed E-state index contributed by atoms with van der Waals surface area (Å²) in [4.78, 5) is 10.8. The third-order valence-electron chi connectivity index (χ3n) is 3.32. The summed E-state index contributed by atoms with van der Waals surface area (Å²) < 4.78 is 31.0. The fourth-order valence-electron chi connectivity index (χ4n) is 2.10. The van der Waals surface area contributed by atoms with Crippen LogP contribution in [-0.4, -0.2) is 45.0 Å². The van der Waals surface area contributed by atoms with Crippen molar-refractivity contribution in [3.63, 3.8) is 0 Å². The van der Waals surface area contributed by atoms with Gasteiger partial charge < -0.3 is 9.84 Å². The number of carbonyl (C=O) groups is 1. The average molecular weight is 299 g/mol. The number of aromatic carboxylic acids is 1. The van der Waals surface area contributed by atoms with Crippen LogP contribution < -0.4 is 4.31 Å². The first-order valence-corrected chi connectivity index (χ1v) is 7.92. The number of ether oxygens (including phenoxy) is 1. The molecular weight excluding hydrogens is 282 g/mol. The van der Waals surface area contributed by atoms with Crippen molar-refractivity contribution in [1.29, 1.82) is 0 Å². The molecule has 1 N–H and O–H groups in total. The second kappa shape index (κ2) is 5.80. The van der Waals surface area contributed by atoms with E-state index in [2.05, 4.69) is 0 Å². The third-order valence-corrected chi connectivity index (χ3v) is 5.15. The largest absolute Gasteiger partial charge is 0.478 e. The predicted octanol–water partition coefficient (Wildman–Crippen LogP) is 1.33. The fraction of sp³-hybridized carbons (Fsp3) is 0.462. The lowest BCUT2D eigenvalue weighted by atomic mass is 10.2. The van der Waals surface area contributed by atoms with Crippen LogP contribution in [0.2, 0.25) is 0 Å². The van der Waals surface area contributed by atoms with Crippen LogP contribution in [0.1, 0.15) is 23.2 Å². The van der Waals surface area contributed by atoms with Crippen molar-refractivity contribution in [2.24, 2.45) is 0 Å². The fourth-order valence-corrected chi connectivity index (χ4v) is 3.50. The van der Waals surface area contributed by atoms with Crippen LogP contribution in [0, 0.1) is 0 Å². The molecule has 0 spiro atoms. The van der Waals surface area contributed by atoms with Crippen LogP contribution in [0.15, 0.2) is 24.3 Å². The van der Waals surface area contributed by atoms with E-state index in [4.69, 9.17) is 9.84 Å². The number of carboxylic acid groups (broad SMARTS) is 1. The molecule has 1 fully saturated rings. The number of rotatable bonds is 5. The molecule has 6 nitrogen and oxygen atoms in total. The lowest BCUT2D eigenvalue weighted by molar-refractivity contribution is 0.0697. The van der Waals surface area contributed by atoms with E-state index in [0.717, 1.165) is 12.8 Å². The molecule has 7 heteroatoms. The Labute approximate surface area is 118 Å². The maximum atomic E-state index is 12.2. The number of carboxylic acids is 1. The first kappa shape index (κ1) is 14.8. The van der Waals surface area contributed by atoms with Crippen molar-refractivity contribution >= 4 is 21.7 Å². The molecule has 1 aromatic carbocycles. The second-order valence-electron chi connectivity index (χ2n) is 4.73. The molecule has 20 heavy (non-hydrogen) atoms. The van der Waals surface area contributed by atoms with Crippen molar-refractivity contribution in [2.75, 3.05) is 23.7 Å². The molecule has 1 aromatic rings. The summed E-state index contributed by atoms with van der Waals surface area (Å²) >= 11 is 0. The highest BCUT2D eigenvalue weighted by molar-refractivity contribution is 7.92. The van der Waals surface area contributed by atoms with E-state index in [1.807, 2.05) is 0 Å². The zero-order chi connectivity index (χ0) is 14.8. The van der Waals surface area contributed by atoms with Gasteiger partial charge in [0.15, 0.2) is 0 Å². The predicted molar refractivity (Wildman–Crippen MR) is 74.6 cm³/mol. The van der Waals surface area contributed by atoms with Crippen molar-refractivity contribution in [3.05, 3.63) is 29.8 Å². The monoisotopic (exact) mass is 299 g/mol. The number of anilines is 1. The van der Waals surface area contributed by atoms with Gasteiger partial charge in [0.25, 0.3) is 0 Å². The molecule has 0 amide bonds. The minimum Gasteiger partial charge on any atom is -0.478 e. The van der Waals surface area contributed by atoms with Gasteiger partial charge in [0.2, 0.25) is 10.0 Å². The van der Waals surface area contributed by atoms with Crippen LogP contribution in [0.5, 0.6) is 0 Å². The van der Waals surface area contributed by atoms with E-state index < -0.39 is 16.0 Å². The molecule has 2 rings (SSSR count). The number of nitrogens with zero attached hydrogens (tertiary/aromatic N) is 1. The first-order valence-electron chi connectivity index (χ1n) is 6.32. The van der Waals surface area contributed by atoms with Crippen molar-refractivity contribution in [1.82, 2.24) is 0 Å². The normalized spacial score (nSPS) is 18.9. The lowest BCUT2D eigenvalue weighted by Gasteiger charge is -2.21. The molecule has 1 saturated heterocycles. The SMILES string of the molecule is CN(c1ccc(C(=O)O)cc1)S(=O)(=O)CC1CCCO1. The van der Waals surface area contributed by atoms with Crippen LogP contribution >= 0.6 is 0 Å². The molecule has 0 bridgehead atoms. The molecule has 1 heterocycles. The van der Waals surface area contributed by atoms with E-state index in [1.54, 1.807) is 0 Å². The van der Waals surface area contributed by atoms with Gasteiger partial charge in [-0.2, -0.15) is 0 Å². The summed E-state index contributed by atoms with van der Waals surface area (Å²) in [7, 11) is -2.01. The van der Waals surface area contributed by atoms with Gasteiger partial charge in [-0.3, -0.25) is 4.31 Å². The molecule has 0 aromatic heterocycles. The Bertz CT molecular complexity index is 575. The van der Waals surface area contributed by atoms with Crippen LogP contribution in [0.3, 0.4) is 0 Å². The van der Waals surface area contributed by atoms with E-state index >= 15 is 0 Å². The van der Waals surface area contributed by atoms with E-state index in [0.29, 0.717) is 12.3 Å². The topological polar surface area (TPSA) is 83.9 Å². The maximum absolute atomic E-state index is 12.2. The molecule has 0 radical (unpaired) electrons. The van der Waals surface area contributed by atoms with Crippen molar-refractivity contribution in [3.8, 4) is 0 Å².